The number of aromatic nitrogens is 2. The number of hydrogen-bond acceptors (Lipinski definition) is 7. The fourth-order valence-corrected chi connectivity index (χ4v) is 3.30. The number of nitrogens with two attached hydrogens (primary N) is 1. The van der Waals surface area contributed by atoms with E-state index in [0.29, 0.717) is 31.1 Å². The molecule has 0 unspecified atom stereocenters. The number of nitrogens with zero attached hydrogens (tertiary/aromatic N) is 3. The van der Waals surface area contributed by atoms with Crippen molar-refractivity contribution in [1.82, 2.24) is 20.6 Å². The van der Waals surface area contributed by atoms with Crippen LogP contribution in [0.3, 0.4) is 0 Å². The van der Waals surface area contributed by atoms with E-state index in [1.54, 1.807) is 18.9 Å². The number of benzene rings is 1. The van der Waals surface area contributed by atoms with Crippen molar-refractivity contribution >= 4 is 17.7 Å². The smallest absolute Gasteiger partial charge is 0.323 e. The normalized spacial score (nSPS) is 13.1. The van der Waals surface area contributed by atoms with Crippen molar-refractivity contribution in [2.45, 2.75) is 39.8 Å². The van der Waals surface area contributed by atoms with Gasteiger partial charge in [-0.1, -0.05) is 24.3 Å². The Balaban J connectivity index is 1.81. The summed E-state index contributed by atoms with van der Waals surface area (Å²) in [4.78, 5) is 23.2. The van der Waals surface area contributed by atoms with E-state index in [1.807, 2.05) is 19.1 Å². The van der Waals surface area contributed by atoms with Crippen LogP contribution in [0.4, 0.5) is 16.4 Å². The average Bonchev–Trinajstić information content (AvgIpc) is 3.60. The number of nitrogens with one attached hydrogen (secondary N) is 2. The molecule has 0 atom stereocenters. The van der Waals surface area contributed by atoms with Gasteiger partial charge in [0.25, 0.3) is 0 Å². The molecule has 174 valence electrons. The number of methoxy groups -OCH3 is 1. The summed E-state index contributed by atoms with van der Waals surface area (Å²) in [6.07, 6.45) is 2.65. The molecule has 0 spiro atoms. The summed E-state index contributed by atoms with van der Waals surface area (Å²) in [7, 11) is 1.59. The largest absolute Gasteiger partial charge is 0.461 e. The molecule has 1 aliphatic rings. The predicted octanol–water partition coefficient (Wildman–Crippen LogP) is 2.63. The fraction of sp³-hybridized carbons (Fsp3) is 0.522. The number of carbonyl (C=O) groups excluding carboxylic acids is 1. The maximum atomic E-state index is 13.0. The Bertz CT molecular complexity index is 903. The Kier molecular flexibility index (Phi) is 8.64. The van der Waals surface area contributed by atoms with Gasteiger partial charge in [0.15, 0.2) is 0 Å². The zero-order valence-electron chi connectivity index (χ0n) is 19.2. The number of anilines is 2. The number of nitrogen functional groups attached to an aromatic ring is 1. The van der Waals surface area contributed by atoms with Crippen LogP contribution in [-0.4, -0.2) is 49.4 Å². The topological polar surface area (TPSA) is 115 Å². The molecular formula is C23H34N6O3. The highest BCUT2D eigenvalue weighted by Gasteiger charge is 2.23. The monoisotopic (exact) mass is 442 g/mol. The van der Waals surface area contributed by atoms with Crippen molar-refractivity contribution in [2.75, 3.05) is 44.0 Å². The van der Waals surface area contributed by atoms with Crippen molar-refractivity contribution in [3.05, 3.63) is 41.0 Å². The lowest BCUT2D eigenvalue weighted by atomic mass is 10.1. The van der Waals surface area contributed by atoms with E-state index >= 15 is 0 Å². The lowest BCUT2D eigenvalue weighted by Crippen LogP contribution is -2.40. The third-order valence-electron chi connectivity index (χ3n) is 5.28. The second-order valence-electron chi connectivity index (χ2n) is 8.00. The molecule has 1 aliphatic carbocycles. The van der Waals surface area contributed by atoms with Crippen molar-refractivity contribution in [3.8, 4) is 6.01 Å². The SMILES string of the molecule is CCNC(=O)N(Cc1cccc(CNCC2CC2)c1)c1nc(OCCOC)nc(N)c1C. The first kappa shape index (κ1) is 23.7. The Labute approximate surface area is 189 Å². The van der Waals surface area contributed by atoms with Crippen LogP contribution >= 0.6 is 0 Å². The molecule has 1 heterocycles. The minimum absolute atomic E-state index is 0.118. The molecule has 32 heavy (non-hydrogen) atoms. The van der Waals surface area contributed by atoms with Crippen LogP contribution in [0.25, 0.3) is 0 Å². The van der Waals surface area contributed by atoms with Crippen molar-refractivity contribution in [1.29, 1.82) is 0 Å². The van der Waals surface area contributed by atoms with Gasteiger partial charge in [0, 0.05) is 25.8 Å². The molecule has 1 fully saturated rings. The van der Waals surface area contributed by atoms with Gasteiger partial charge in [-0.3, -0.25) is 4.90 Å². The maximum absolute atomic E-state index is 13.0. The molecule has 3 rings (SSSR count). The van der Waals surface area contributed by atoms with Gasteiger partial charge in [0.05, 0.1) is 13.2 Å². The van der Waals surface area contributed by atoms with E-state index in [2.05, 4.69) is 32.7 Å². The number of carbonyl (C=O) groups is 1. The average molecular weight is 443 g/mol. The molecule has 9 nitrogen and oxygen atoms in total. The summed E-state index contributed by atoms with van der Waals surface area (Å²) in [5.41, 5.74) is 8.92. The van der Waals surface area contributed by atoms with Gasteiger partial charge in [-0.25, -0.2) is 4.79 Å². The number of rotatable bonds is 12. The standard InChI is InChI=1S/C23H34N6O3/c1-4-26-23(30)29(21-16(2)20(24)27-22(28-21)32-11-10-31-3)15-19-7-5-6-18(12-19)14-25-13-17-8-9-17/h5-7,12,17,25H,4,8-11,13-15H2,1-3H3,(H,26,30)(H2,24,27,28). The van der Waals surface area contributed by atoms with Gasteiger partial charge in [-0.2, -0.15) is 9.97 Å². The highest BCUT2D eigenvalue weighted by molar-refractivity contribution is 5.92. The van der Waals surface area contributed by atoms with Crippen LogP contribution < -0.4 is 26.0 Å². The fourth-order valence-electron chi connectivity index (χ4n) is 3.30. The number of ether oxygens (including phenoxy) is 2. The molecule has 9 heteroatoms. The molecule has 0 aliphatic heterocycles. The summed E-state index contributed by atoms with van der Waals surface area (Å²) >= 11 is 0. The van der Waals surface area contributed by atoms with E-state index in [-0.39, 0.29) is 24.5 Å². The number of urea groups is 1. The molecule has 2 aromatic rings. The van der Waals surface area contributed by atoms with Crippen LogP contribution in [0.2, 0.25) is 0 Å². The Hall–Kier alpha value is -2.91. The van der Waals surface area contributed by atoms with Crippen molar-refractivity contribution in [2.24, 2.45) is 5.92 Å². The minimum Gasteiger partial charge on any atom is -0.461 e. The molecule has 1 saturated carbocycles. The molecule has 0 bridgehead atoms. The lowest BCUT2D eigenvalue weighted by Gasteiger charge is -2.24. The quantitative estimate of drug-likeness (QED) is 0.433. The van der Waals surface area contributed by atoms with Crippen molar-refractivity contribution in [3.63, 3.8) is 0 Å². The second-order valence-corrected chi connectivity index (χ2v) is 8.00. The van der Waals surface area contributed by atoms with E-state index in [9.17, 15) is 4.79 Å². The number of amides is 2. The van der Waals surface area contributed by atoms with Gasteiger partial charge < -0.3 is 25.8 Å². The van der Waals surface area contributed by atoms with Gasteiger partial charge in [0.2, 0.25) is 0 Å². The molecular weight excluding hydrogens is 408 g/mol. The lowest BCUT2D eigenvalue weighted by molar-refractivity contribution is 0.141. The van der Waals surface area contributed by atoms with Gasteiger partial charge in [-0.05, 0) is 50.3 Å². The molecule has 1 aromatic carbocycles. The Morgan fingerprint density at radius 1 is 1.25 bits per heavy atom. The highest BCUT2D eigenvalue weighted by Crippen LogP contribution is 2.28. The summed E-state index contributed by atoms with van der Waals surface area (Å²) in [6.45, 7) is 7.07. The minimum atomic E-state index is -0.256. The van der Waals surface area contributed by atoms with Crippen molar-refractivity contribution < 1.29 is 14.3 Å². The Morgan fingerprint density at radius 2 is 2.03 bits per heavy atom. The van der Waals surface area contributed by atoms with Gasteiger partial charge in [0.1, 0.15) is 18.2 Å². The predicted molar refractivity (Wildman–Crippen MR) is 125 cm³/mol. The summed E-state index contributed by atoms with van der Waals surface area (Å²) in [5.74, 6) is 1.53. The third kappa shape index (κ3) is 6.80. The van der Waals surface area contributed by atoms with Gasteiger partial charge in [-0.15, -0.1) is 0 Å². The number of hydrogen-bond donors (Lipinski definition) is 3. The molecule has 1 aromatic heterocycles. The Morgan fingerprint density at radius 3 is 2.75 bits per heavy atom. The van der Waals surface area contributed by atoms with E-state index in [1.165, 1.54) is 18.4 Å². The van der Waals surface area contributed by atoms with Crippen LogP contribution in [0.5, 0.6) is 6.01 Å². The van der Waals surface area contributed by atoms with Crippen LogP contribution in [0.15, 0.2) is 24.3 Å². The molecule has 0 saturated heterocycles. The molecule has 4 N–H and O–H groups in total. The van der Waals surface area contributed by atoms with Crippen LogP contribution in [0.1, 0.15) is 36.5 Å². The molecule has 0 radical (unpaired) electrons. The van der Waals surface area contributed by atoms with Gasteiger partial charge >= 0.3 is 12.0 Å². The second kappa shape index (κ2) is 11.6. The summed E-state index contributed by atoms with van der Waals surface area (Å²) in [5, 5.41) is 6.37. The third-order valence-corrected chi connectivity index (χ3v) is 5.28. The van der Waals surface area contributed by atoms with E-state index in [0.717, 1.165) is 24.6 Å². The first-order chi connectivity index (χ1) is 15.5. The van der Waals surface area contributed by atoms with E-state index in [4.69, 9.17) is 15.2 Å². The first-order valence-electron chi connectivity index (χ1n) is 11.1. The van der Waals surface area contributed by atoms with Crippen LogP contribution in [-0.2, 0) is 17.8 Å². The maximum Gasteiger partial charge on any atom is 0.323 e. The first-order valence-corrected chi connectivity index (χ1v) is 11.1. The molecule has 2 amide bonds. The summed E-state index contributed by atoms with van der Waals surface area (Å²) in [6, 6.07) is 8.09. The van der Waals surface area contributed by atoms with Crippen LogP contribution in [0, 0.1) is 12.8 Å². The zero-order valence-corrected chi connectivity index (χ0v) is 19.2. The highest BCUT2D eigenvalue weighted by atomic mass is 16.5. The van der Waals surface area contributed by atoms with E-state index < -0.39 is 0 Å². The zero-order chi connectivity index (χ0) is 22.9. The summed E-state index contributed by atoms with van der Waals surface area (Å²) < 4.78 is 10.6.